The van der Waals surface area contributed by atoms with Gasteiger partial charge in [-0.1, -0.05) is 6.92 Å². The number of aliphatic imine (C=N–C) groups is 2. The Hall–Kier alpha value is -2.77. The number of benzene rings is 1. The van der Waals surface area contributed by atoms with Gasteiger partial charge in [0.2, 0.25) is 5.96 Å². The van der Waals surface area contributed by atoms with Crippen molar-refractivity contribution >= 4 is 29.3 Å². The number of carboxylic acid groups (broad SMARTS) is 1. The van der Waals surface area contributed by atoms with Crippen molar-refractivity contribution in [3.63, 3.8) is 0 Å². The Labute approximate surface area is 134 Å². The molecule has 0 aliphatic carbocycles. The lowest BCUT2D eigenvalue weighted by Crippen LogP contribution is -2.35. The van der Waals surface area contributed by atoms with Crippen LogP contribution >= 0.6 is 0 Å². The van der Waals surface area contributed by atoms with Crippen LogP contribution in [0.1, 0.15) is 30.1 Å². The molecule has 7 N–H and O–H groups in total. The molecule has 1 aromatic rings. The van der Waals surface area contributed by atoms with E-state index in [0.29, 0.717) is 17.3 Å². The van der Waals surface area contributed by atoms with E-state index < -0.39 is 5.97 Å². The third-order valence-corrected chi connectivity index (χ3v) is 3.70. The highest BCUT2D eigenvalue weighted by molar-refractivity contribution is 5.97. The van der Waals surface area contributed by atoms with Crippen LogP contribution in [0.15, 0.2) is 28.2 Å². The third-order valence-electron chi connectivity index (χ3n) is 3.70. The number of carbonyl (C=O) groups is 1. The smallest absolute Gasteiger partial charge is 0.337 e. The fourth-order valence-electron chi connectivity index (χ4n) is 2.74. The van der Waals surface area contributed by atoms with E-state index in [1.165, 1.54) is 6.07 Å². The quantitative estimate of drug-likeness (QED) is 0.480. The molecule has 0 aromatic heterocycles. The van der Waals surface area contributed by atoms with Crippen molar-refractivity contribution in [1.82, 2.24) is 0 Å². The minimum atomic E-state index is -1.00. The number of aromatic carboxylic acids is 1. The number of hydrogen-bond donors (Lipinski definition) is 4. The van der Waals surface area contributed by atoms with Gasteiger partial charge in [-0.3, -0.25) is 0 Å². The van der Waals surface area contributed by atoms with Crippen molar-refractivity contribution < 1.29 is 9.90 Å². The second-order valence-electron chi connectivity index (χ2n) is 5.71. The molecule has 1 heterocycles. The predicted molar refractivity (Wildman–Crippen MR) is 91.1 cm³/mol. The van der Waals surface area contributed by atoms with E-state index in [9.17, 15) is 9.90 Å². The Morgan fingerprint density at radius 2 is 2.09 bits per heavy atom. The molecule has 8 nitrogen and oxygen atoms in total. The van der Waals surface area contributed by atoms with Crippen LogP contribution in [0.5, 0.6) is 0 Å². The summed E-state index contributed by atoms with van der Waals surface area (Å²) in [5, 5.41) is 9.49. The topological polar surface area (TPSA) is 143 Å². The summed E-state index contributed by atoms with van der Waals surface area (Å²) in [6.07, 6.45) is 2.22. The van der Waals surface area contributed by atoms with Crippen LogP contribution < -0.4 is 22.1 Å². The summed E-state index contributed by atoms with van der Waals surface area (Å²) in [4.78, 5) is 21.3. The van der Waals surface area contributed by atoms with E-state index in [1.54, 1.807) is 12.1 Å². The molecule has 0 bridgehead atoms. The highest BCUT2D eigenvalue weighted by Gasteiger charge is 2.21. The molecular weight excluding hydrogens is 296 g/mol. The van der Waals surface area contributed by atoms with Gasteiger partial charge in [0.05, 0.1) is 16.9 Å². The van der Waals surface area contributed by atoms with Crippen molar-refractivity contribution in [3.05, 3.63) is 23.8 Å². The SMILES string of the molecule is CC1CCCN(c2ccc(N=C(N)N=C(N)N)cc2C(=O)O)C1. The Morgan fingerprint density at radius 3 is 2.70 bits per heavy atom. The van der Waals surface area contributed by atoms with Crippen LogP contribution in [0, 0.1) is 5.92 Å². The summed E-state index contributed by atoms with van der Waals surface area (Å²) in [6.45, 7) is 3.86. The molecular formula is C15H22N6O2. The molecule has 1 fully saturated rings. The van der Waals surface area contributed by atoms with Gasteiger partial charge in [0.1, 0.15) is 0 Å². The predicted octanol–water partition coefficient (Wildman–Crippen LogP) is 0.841. The zero-order valence-electron chi connectivity index (χ0n) is 13.1. The largest absolute Gasteiger partial charge is 0.478 e. The van der Waals surface area contributed by atoms with Crippen molar-refractivity contribution in [3.8, 4) is 0 Å². The number of anilines is 1. The Kier molecular flexibility index (Phi) is 5.05. The summed E-state index contributed by atoms with van der Waals surface area (Å²) in [6, 6.07) is 4.94. The number of nitrogens with zero attached hydrogens (tertiary/aromatic N) is 3. The molecule has 1 aliphatic rings. The fourth-order valence-corrected chi connectivity index (χ4v) is 2.74. The standard InChI is InChI=1S/C15H22N6O2/c1-9-3-2-6-21(8-9)12-5-4-10(7-11(12)13(22)23)19-15(18)20-14(16)17/h4-5,7,9H,2-3,6,8H2,1H3,(H,22,23)(H6,16,17,18,19,20). The Balaban J connectivity index is 2.35. The lowest BCUT2D eigenvalue weighted by atomic mass is 9.98. The number of piperidine rings is 1. The summed E-state index contributed by atoms with van der Waals surface area (Å²) in [7, 11) is 0. The van der Waals surface area contributed by atoms with Gasteiger partial charge < -0.3 is 27.2 Å². The summed E-state index contributed by atoms with van der Waals surface area (Å²) in [5.74, 6) is -0.791. The summed E-state index contributed by atoms with van der Waals surface area (Å²) < 4.78 is 0. The highest BCUT2D eigenvalue weighted by atomic mass is 16.4. The molecule has 124 valence electrons. The first-order valence-electron chi connectivity index (χ1n) is 7.43. The lowest BCUT2D eigenvalue weighted by molar-refractivity contribution is 0.0697. The highest BCUT2D eigenvalue weighted by Crippen LogP contribution is 2.29. The molecule has 0 saturated carbocycles. The molecule has 1 saturated heterocycles. The van der Waals surface area contributed by atoms with Gasteiger partial charge in [-0.15, -0.1) is 0 Å². The van der Waals surface area contributed by atoms with Crippen molar-refractivity contribution in [2.45, 2.75) is 19.8 Å². The lowest BCUT2D eigenvalue weighted by Gasteiger charge is -2.33. The van der Waals surface area contributed by atoms with E-state index in [2.05, 4.69) is 21.8 Å². The second-order valence-corrected chi connectivity index (χ2v) is 5.71. The molecule has 23 heavy (non-hydrogen) atoms. The van der Waals surface area contributed by atoms with Gasteiger partial charge in [-0.05, 0) is 37.0 Å². The number of guanidine groups is 2. The van der Waals surface area contributed by atoms with Crippen LogP contribution in [0.25, 0.3) is 0 Å². The van der Waals surface area contributed by atoms with E-state index in [4.69, 9.17) is 17.2 Å². The maximum Gasteiger partial charge on any atom is 0.337 e. The number of rotatable bonds is 3. The van der Waals surface area contributed by atoms with Crippen LogP contribution in [0.4, 0.5) is 11.4 Å². The molecule has 0 amide bonds. The first-order chi connectivity index (χ1) is 10.9. The van der Waals surface area contributed by atoms with Gasteiger partial charge >= 0.3 is 5.97 Å². The van der Waals surface area contributed by atoms with Gasteiger partial charge in [0.25, 0.3) is 0 Å². The molecule has 2 rings (SSSR count). The number of hydrogen-bond acceptors (Lipinski definition) is 3. The first-order valence-corrected chi connectivity index (χ1v) is 7.43. The zero-order valence-corrected chi connectivity index (χ0v) is 13.1. The monoisotopic (exact) mass is 318 g/mol. The van der Waals surface area contributed by atoms with Crippen LogP contribution in [0.3, 0.4) is 0 Å². The van der Waals surface area contributed by atoms with Crippen LogP contribution in [0.2, 0.25) is 0 Å². The molecule has 0 spiro atoms. The first kappa shape index (κ1) is 16.6. The molecule has 1 unspecified atom stereocenters. The second kappa shape index (κ2) is 6.99. The molecule has 1 aromatic carbocycles. The summed E-state index contributed by atoms with van der Waals surface area (Å²) >= 11 is 0. The minimum absolute atomic E-state index is 0.124. The van der Waals surface area contributed by atoms with Crippen molar-refractivity contribution in [2.24, 2.45) is 33.1 Å². The van der Waals surface area contributed by atoms with E-state index in [1.807, 2.05) is 0 Å². The van der Waals surface area contributed by atoms with E-state index >= 15 is 0 Å². The van der Waals surface area contributed by atoms with Gasteiger partial charge in [-0.25, -0.2) is 9.79 Å². The fraction of sp³-hybridized carbons (Fsp3) is 0.400. The molecule has 0 radical (unpaired) electrons. The van der Waals surface area contributed by atoms with E-state index in [-0.39, 0.29) is 17.5 Å². The normalized spacial score (nSPS) is 18.6. The van der Waals surface area contributed by atoms with Crippen molar-refractivity contribution in [1.29, 1.82) is 0 Å². The maximum absolute atomic E-state index is 11.6. The van der Waals surface area contributed by atoms with Gasteiger partial charge in [-0.2, -0.15) is 4.99 Å². The van der Waals surface area contributed by atoms with Gasteiger partial charge in [0.15, 0.2) is 5.96 Å². The minimum Gasteiger partial charge on any atom is -0.478 e. The summed E-state index contributed by atoms with van der Waals surface area (Å²) in [5.41, 5.74) is 17.3. The van der Waals surface area contributed by atoms with E-state index in [0.717, 1.165) is 25.9 Å². The average Bonchev–Trinajstić information content (AvgIpc) is 2.46. The number of carboxylic acids is 1. The Bertz CT molecular complexity index is 651. The van der Waals surface area contributed by atoms with Crippen molar-refractivity contribution in [2.75, 3.05) is 18.0 Å². The Morgan fingerprint density at radius 1 is 1.35 bits per heavy atom. The maximum atomic E-state index is 11.6. The van der Waals surface area contributed by atoms with Crippen LogP contribution in [-0.2, 0) is 0 Å². The molecule has 1 atom stereocenters. The molecule has 1 aliphatic heterocycles. The van der Waals surface area contributed by atoms with Gasteiger partial charge in [0, 0.05) is 13.1 Å². The molecule has 8 heteroatoms. The average molecular weight is 318 g/mol. The van der Waals surface area contributed by atoms with Crippen LogP contribution in [-0.4, -0.2) is 36.1 Å². The number of nitrogens with two attached hydrogens (primary N) is 3. The zero-order chi connectivity index (χ0) is 17.0. The third kappa shape index (κ3) is 4.35.